The molecule has 0 bridgehead atoms. The molecule has 2 heterocycles. The van der Waals surface area contributed by atoms with Gasteiger partial charge >= 0.3 is 0 Å². The fourth-order valence-corrected chi connectivity index (χ4v) is 2.56. The average molecular weight is 336 g/mol. The molecule has 0 unspecified atom stereocenters. The Kier molecular flexibility index (Phi) is 4.57. The van der Waals surface area contributed by atoms with E-state index >= 15 is 0 Å². The number of nitriles is 1. The van der Waals surface area contributed by atoms with E-state index in [9.17, 15) is 15.4 Å². The minimum Gasteiger partial charge on any atom is -0.370 e. The van der Waals surface area contributed by atoms with E-state index in [-0.39, 0.29) is 5.69 Å². The quantitative estimate of drug-likeness (QED) is 0.421. The molecular weight excluding hydrogens is 320 g/mol. The van der Waals surface area contributed by atoms with Gasteiger partial charge in [0.25, 0.3) is 5.69 Å². The highest BCUT2D eigenvalue weighted by Gasteiger charge is 2.11. The van der Waals surface area contributed by atoms with E-state index in [2.05, 4.69) is 21.5 Å². The van der Waals surface area contributed by atoms with E-state index in [4.69, 9.17) is 0 Å². The number of hydrogen-bond acceptors (Lipinski definition) is 6. The minimum atomic E-state index is -0.482. The second-order valence-corrected chi connectivity index (χ2v) is 5.69. The maximum absolute atomic E-state index is 10.9. The number of aryl methyl sites for hydroxylation is 2. The summed E-state index contributed by atoms with van der Waals surface area (Å²) in [6.45, 7) is 3.45. The first-order chi connectivity index (χ1) is 12.1. The lowest BCUT2D eigenvalue weighted by atomic mass is 10.1. The van der Waals surface area contributed by atoms with Crippen LogP contribution < -0.4 is 5.32 Å². The lowest BCUT2D eigenvalue weighted by molar-refractivity contribution is -0.384. The Morgan fingerprint density at radius 3 is 2.92 bits per heavy atom. The highest BCUT2D eigenvalue weighted by atomic mass is 16.6. The Morgan fingerprint density at radius 1 is 1.40 bits per heavy atom. The monoisotopic (exact) mass is 336 g/mol. The molecule has 3 rings (SSSR count). The first-order valence-corrected chi connectivity index (χ1v) is 7.79. The number of non-ortho nitro benzene ring substituents is 1. The third-order valence-corrected chi connectivity index (χ3v) is 3.76. The van der Waals surface area contributed by atoms with Crippen LogP contribution in [-0.4, -0.2) is 26.2 Å². The summed E-state index contributed by atoms with van der Waals surface area (Å²) in [5.74, 6) is 0.578. The summed E-state index contributed by atoms with van der Waals surface area (Å²) in [6.07, 6.45) is 4.65. The molecule has 0 atom stereocenters. The van der Waals surface area contributed by atoms with E-state index < -0.39 is 4.92 Å². The van der Waals surface area contributed by atoms with Crippen LogP contribution in [-0.2, 0) is 6.54 Å². The summed E-state index contributed by atoms with van der Waals surface area (Å²) >= 11 is 0. The van der Waals surface area contributed by atoms with Crippen LogP contribution in [0.4, 0.5) is 11.5 Å². The summed E-state index contributed by atoms with van der Waals surface area (Å²) in [7, 11) is 0. The van der Waals surface area contributed by atoms with Crippen molar-refractivity contribution < 1.29 is 4.92 Å². The van der Waals surface area contributed by atoms with Crippen molar-refractivity contribution in [1.29, 1.82) is 5.26 Å². The number of nitro groups is 1. The van der Waals surface area contributed by atoms with Crippen LogP contribution in [0, 0.1) is 28.4 Å². The number of rotatable bonds is 6. The Morgan fingerprint density at radius 2 is 2.24 bits per heavy atom. The van der Waals surface area contributed by atoms with Gasteiger partial charge in [0.2, 0.25) is 0 Å². The Bertz CT molecular complexity index is 973. The van der Waals surface area contributed by atoms with Crippen LogP contribution in [0.1, 0.15) is 17.5 Å². The number of fused-ring (bicyclic) bond motifs is 1. The van der Waals surface area contributed by atoms with E-state index in [1.807, 2.05) is 24.0 Å². The van der Waals surface area contributed by atoms with Crippen molar-refractivity contribution >= 4 is 22.4 Å². The predicted molar refractivity (Wildman–Crippen MR) is 93.2 cm³/mol. The number of aromatic nitrogens is 3. The highest BCUT2D eigenvalue weighted by molar-refractivity contribution is 5.88. The second-order valence-electron chi connectivity index (χ2n) is 5.69. The van der Waals surface area contributed by atoms with Crippen LogP contribution in [0.15, 0.2) is 36.7 Å². The van der Waals surface area contributed by atoms with Crippen molar-refractivity contribution in [1.82, 2.24) is 14.8 Å². The summed E-state index contributed by atoms with van der Waals surface area (Å²) in [4.78, 5) is 14.8. The molecule has 1 N–H and O–H groups in total. The number of nitrogens with zero attached hydrogens (tertiary/aromatic N) is 5. The van der Waals surface area contributed by atoms with Crippen molar-refractivity contribution in [3.8, 4) is 6.07 Å². The second kappa shape index (κ2) is 6.97. The summed E-state index contributed by atoms with van der Waals surface area (Å²) in [5.41, 5.74) is 1.98. The summed E-state index contributed by atoms with van der Waals surface area (Å²) in [6, 6.07) is 8.02. The molecule has 25 heavy (non-hydrogen) atoms. The number of pyridine rings is 1. The summed E-state index contributed by atoms with van der Waals surface area (Å²) < 4.78 is 1.88. The van der Waals surface area contributed by atoms with Gasteiger partial charge in [0.1, 0.15) is 5.82 Å². The number of anilines is 1. The zero-order valence-corrected chi connectivity index (χ0v) is 13.6. The van der Waals surface area contributed by atoms with E-state index in [0.29, 0.717) is 28.8 Å². The van der Waals surface area contributed by atoms with E-state index in [1.165, 1.54) is 12.1 Å². The standard InChI is InChI=1S/C17H16N6O2/c1-12-10-20-22(11-12)6-2-5-19-17-7-13(9-18)15-8-14(23(24)25)3-4-16(15)21-17/h3-4,7-8,10-11H,2,5-6H2,1H3,(H,19,21). The van der Waals surface area contributed by atoms with Crippen molar-refractivity contribution in [3.63, 3.8) is 0 Å². The third-order valence-electron chi connectivity index (χ3n) is 3.76. The first kappa shape index (κ1) is 16.4. The fourth-order valence-electron chi connectivity index (χ4n) is 2.56. The number of nitro benzene ring substituents is 1. The van der Waals surface area contributed by atoms with Crippen molar-refractivity contribution in [2.45, 2.75) is 19.9 Å². The van der Waals surface area contributed by atoms with E-state index in [0.717, 1.165) is 18.5 Å². The maximum atomic E-state index is 10.9. The number of benzene rings is 1. The van der Waals surface area contributed by atoms with Crippen LogP contribution >= 0.6 is 0 Å². The maximum Gasteiger partial charge on any atom is 0.270 e. The molecule has 0 saturated carbocycles. The van der Waals surface area contributed by atoms with Crippen LogP contribution in [0.5, 0.6) is 0 Å². The molecule has 0 aliphatic rings. The van der Waals surface area contributed by atoms with Gasteiger partial charge in [-0.1, -0.05) is 0 Å². The fraction of sp³-hybridized carbons (Fsp3) is 0.235. The largest absolute Gasteiger partial charge is 0.370 e. The Balaban J connectivity index is 1.72. The minimum absolute atomic E-state index is 0.0546. The normalized spacial score (nSPS) is 10.6. The molecular formula is C17H16N6O2. The molecule has 0 fully saturated rings. The zero-order valence-electron chi connectivity index (χ0n) is 13.6. The van der Waals surface area contributed by atoms with Gasteiger partial charge in [-0.05, 0) is 31.0 Å². The molecule has 8 nitrogen and oxygen atoms in total. The van der Waals surface area contributed by atoms with Gasteiger partial charge in [0.15, 0.2) is 0 Å². The lowest BCUT2D eigenvalue weighted by Crippen LogP contribution is -2.08. The van der Waals surface area contributed by atoms with Gasteiger partial charge in [0, 0.05) is 36.8 Å². The van der Waals surface area contributed by atoms with Gasteiger partial charge in [-0.25, -0.2) is 4.98 Å². The molecule has 0 spiro atoms. The molecule has 0 aliphatic carbocycles. The number of nitrogens with one attached hydrogen (secondary N) is 1. The van der Waals surface area contributed by atoms with Crippen LogP contribution in [0.2, 0.25) is 0 Å². The van der Waals surface area contributed by atoms with Gasteiger partial charge in [-0.3, -0.25) is 14.8 Å². The molecule has 0 saturated heterocycles. The predicted octanol–water partition coefficient (Wildman–Crippen LogP) is 3.02. The smallest absolute Gasteiger partial charge is 0.270 e. The topological polar surface area (TPSA) is 110 Å². The molecule has 0 radical (unpaired) electrons. The lowest BCUT2D eigenvalue weighted by Gasteiger charge is -2.08. The van der Waals surface area contributed by atoms with Crippen LogP contribution in [0.25, 0.3) is 10.9 Å². The van der Waals surface area contributed by atoms with Crippen LogP contribution in [0.3, 0.4) is 0 Å². The van der Waals surface area contributed by atoms with Gasteiger partial charge < -0.3 is 5.32 Å². The highest BCUT2D eigenvalue weighted by Crippen LogP contribution is 2.24. The summed E-state index contributed by atoms with van der Waals surface area (Å²) in [5, 5.41) is 28.1. The zero-order chi connectivity index (χ0) is 17.8. The van der Waals surface area contributed by atoms with E-state index in [1.54, 1.807) is 12.1 Å². The molecule has 126 valence electrons. The molecule has 0 amide bonds. The average Bonchev–Trinajstić information content (AvgIpc) is 3.02. The van der Waals surface area contributed by atoms with Gasteiger partial charge in [-0.2, -0.15) is 10.4 Å². The molecule has 2 aromatic heterocycles. The molecule has 8 heteroatoms. The van der Waals surface area contributed by atoms with Crippen molar-refractivity contribution in [3.05, 3.63) is 57.9 Å². The van der Waals surface area contributed by atoms with Crippen molar-refractivity contribution in [2.75, 3.05) is 11.9 Å². The third kappa shape index (κ3) is 3.72. The van der Waals surface area contributed by atoms with Gasteiger partial charge in [0.05, 0.1) is 28.3 Å². The Hall–Kier alpha value is -3.47. The molecule has 3 aromatic rings. The van der Waals surface area contributed by atoms with Gasteiger partial charge in [-0.15, -0.1) is 0 Å². The Labute approximate surface area is 143 Å². The molecule has 1 aromatic carbocycles. The SMILES string of the molecule is Cc1cnn(CCCNc2cc(C#N)c3cc([N+](=O)[O-])ccc3n2)c1. The van der Waals surface area contributed by atoms with Crippen molar-refractivity contribution in [2.24, 2.45) is 0 Å². The first-order valence-electron chi connectivity index (χ1n) is 7.79. The molecule has 0 aliphatic heterocycles. The number of hydrogen-bond donors (Lipinski definition) is 1.